The normalized spacial score (nSPS) is 13.4. The summed E-state index contributed by atoms with van der Waals surface area (Å²) < 4.78 is 52.3. The molecule has 0 radical (unpaired) electrons. The first-order valence-electron chi connectivity index (χ1n) is 13.1. The number of nitrogens with zero attached hydrogens (tertiary/aromatic N) is 6. The summed E-state index contributed by atoms with van der Waals surface area (Å²) in [6.07, 6.45) is 6.60. The molecule has 1 saturated carbocycles. The van der Waals surface area contributed by atoms with E-state index in [1.165, 1.54) is 25.1 Å². The van der Waals surface area contributed by atoms with Gasteiger partial charge < -0.3 is 19.8 Å². The lowest BCUT2D eigenvalue weighted by molar-refractivity contribution is -0.140. The lowest BCUT2D eigenvalue weighted by Crippen LogP contribution is -2.08. The van der Waals surface area contributed by atoms with Gasteiger partial charge in [0.05, 0.1) is 18.4 Å². The van der Waals surface area contributed by atoms with Crippen molar-refractivity contribution in [3.05, 3.63) is 89.5 Å². The lowest BCUT2D eigenvalue weighted by Gasteiger charge is -2.14. The molecule has 3 heterocycles. The predicted octanol–water partition coefficient (Wildman–Crippen LogP) is 6.09. The van der Waals surface area contributed by atoms with Gasteiger partial charge in [0, 0.05) is 38.0 Å². The second-order valence-corrected chi connectivity index (χ2v) is 9.62. The van der Waals surface area contributed by atoms with Crippen molar-refractivity contribution < 1.29 is 24.1 Å². The van der Waals surface area contributed by atoms with Gasteiger partial charge in [-0.15, -0.1) is 5.73 Å². The molecule has 42 heavy (non-hydrogen) atoms. The van der Waals surface area contributed by atoms with Crippen LogP contribution >= 0.6 is 0 Å². The second kappa shape index (κ2) is 11.9. The van der Waals surface area contributed by atoms with E-state index < -0.39 is 11.9 Å². The maximum atomic E-state index is 13.1. The van der Waals surface area contributed by atoms with E-state index in [0.717, 1.165) is 30.3 Å². The van der Waals surface area contributed by atoms with Crippen molar-refractivity contribution in [3.63, 3.8) is 0 Å². The number of imidazole rings is 1. The van der Waals surface area contributed by atoms with E-state index in [1.54, 1.807) is 48.7 Å². The summed E-state index contributed by atoms with van der Waals surface area (Å²) in [5, 5.41) is 0. The number of aryl methyl sites for hydroxylation is 1. The minimum absolute atomic E-state index is 0. The first kappa shape index (κ1) is 28.6. The van der Waals surface area contributed by atoms with Gasteiger partial charge in [0.2, 0.25) is 11.8 Å². The highest BCUT2D eigenvalue weighted by molar-refractivity contribution is 5.71. The van der Waals surface area contributed by atoms with Crippen molar-refractivity contribution in [3.8, 4) is 34.5 Å². The minimum atomic E-state index is -4.52. The largest absolute Gasteiger partial charge is 0.480 e. The summed E-state index contributed by atoms with van der Waals surface area (Å²) in [4.78, 5) is 21.8. The van der Waals surface area contributed by atoms with E-state index in [2.05, 4.69) is 25.7 Å². The summed E-state index contributed by atoms with van der Waals surface area (Å²) in [5.74, 6) is 1.43. The highest BCUT2D eigenvalue weighted by atomic mass is 19.4. The average Bonchev–Trinajstić information content (AvgIpc) is 3.75. The number of benzene rings is 1. The summed E-state index contributed by atoms with van der Waals surface area (Å²) in [6.45, 7) is 1.95. The molecule has 1 fully saturated rings. The number of hydrogen-bond acceptors (Lipinski definition) is 8. The van der Waals surface area contributed by atoms with Crippen molar-refractivity contribution in [1.82, 2.24) is 29.5 Å². The molecular weight excluding hydrogens is 547 g/mol. The molecule has 0 unspecified atom stereocenters. The van der Waals surface area contributed by atoms with Gasteiger partial charge in [-0.2, -0.15) is 18.2 Å². The van der Waals surface area contributed by atoms with Crippen molar-refractivity contribution in [1.29, 1.82) is 0 Å². The SMILES string of the molecule is CC=C=C/C=C(\N)c1cnc(-c2c(OC)ncnc2C2CC2)nc1OCc1ccc(-c2nc(C(F)(F)F)cn2C)cc1.[HH]. The van der Waals surface area contributed by atoms with Crippen molar-refractivity contribution in [2.45, 2.75) is 38.5 Å². The topological polar surface area (TPSA) is 114 Å². The smallest absolute Gasteiger partial charge is 0.434 e. The van der Waals surface area contributed by atoms with Gasteiger partial charge in [0.15, 0.2) is 11.5 Å². The first-order chi connectivity index (χ1) is 20.2. The molecule has 0 atom stereocenters. The third-order valence-electron chi connectivity index (χ3n) is 6.57. The van der Waals surface area contributed by atoms with Gasteiger partial charge in [-0.05, 0) is 43.6 Å². The molecule has 1 aliphatic carbocycles. The third kappa shape index (κ3) is 6.18. The molecule has 0 amide bonds. The Morgan fingerprint density at radius 1 is 1.14 bits per heavy atom. The number of ether oxygens (including phenoxy) is 2. The number of aromatic nitrogens is 6. The van der Waals surface area contributed by atoms with Crippen LogP contribution in [-0.4, -0.2) is 36.6 Å². The number of rotatable bonds is 9. The Balaban J connectivity index is 0.00000423. The van der Waals surface area contributed by atoms with Gasteiger partial charge in [0.25, 0.3) is 0 Å². The van der Waals surface area contributed by atoms with Crippen molar-refractivity contribution in [2.24, 2.45) is 12.8 Å². The van der Waals surface area contributed by atoms with E-state index in [-0.39, 0.29) is 25.7 Å². The highest BCUT2D eigenvalue weighted by Gasteiger charge is 2.34. The molecule has 2 N–H and O–H groups in total. The minimum Gasteiger partial charge on any atom is -0.480 e. The fraction of sp³-hybridized carbons (Fsp3) is 0.267. The lowest BCUT2D eigenvalue weighted by atomic mass is 10.1. The number of methoxy groups -OCH3 is 1. The van der Waals surface area contributed by atoms with Crippen molar-refractivity contribution in [2.75, 3.05) is 7.11 Å². The van der Waals surface area contributed by atoms with Gasteiger partial charge in [-0.25, -0.2) is 19.9 Å². The molecule has 9 nitrogen and oxygen atoms in total. The number of halogens is 3. The summed E-state index contributed by atoms with van der Waals surface area (Å²) in [6, 6.07) is 6.90. The fourth-order valence-corrected chi connectivity index (χ4v) is 4.30. The Kier molecular flexibility index (Phi) is 8.08. The molecule has 12 heteroatoms. The molecule has 0 spiro atoms. The summed E-state index contributed by atoms with van der Waals surface area (Å²) >= 11 is 0. The monoisotopic (exact) mass is 577 g/mol. The van der Waals surface area contributed by atoms with Crippen LogP contribution in [0.5, 0.6) is 11.8 Å². The Morgan fingerprint density at radius 3 is 2.55 bits per heavy atom. The molecule has 1 aromatic carbocycles. The Bertz CT molecular complexity index is 1690. The van der Waals surface area contributed by atoms with Gasteiger partial charge in [0.1, 0.15) is 24.3 Å². The zero-order chi connectivity index (χ0) is 29.9. The Morgan fingerprint density at radius 2 is 1.90 bits per heavy atom. The number of alkyl halides is 3. The van der Waals surface area contributed by atoms with Gasteiger partial charge in [-0.3, -0.25) is 0 Å². The van der Waals surface area contributed by atoms with Crippen LogP contribution in [0.4, 0.5) is 13.2 Å². The molecule has 1 aliphatic rings. The maximum Gasteiger partial charge on any atom is 0.434 e. The quantitative estimate of drug-likeness (QED) is 0.188. The van der Waals surface area contributed by atoms with E-state index in [1.807, 2.05) is 6.92 Å². The molecule has 4 aromatic rings. The van der Waals surface area contributed by atoms with Crippen LogP contribution in [0.2, 0.25) is 0 Å². The zero-order valence-corrected chi connectivity index (χ0v) is 23.2. The average molecular weight is 578 g/mol. The standard InChI is InChI=1S/C30H28F3N7O2.H2/c1-4-5-6-7-22(34)21-14-35-26(24-25(19-12-13-19)36-17-37-29(24)41-3)39-28(21)42-16-18-8-10-20(11-9-18)27-38-23(15-40(27)2)30(31,32)33;/h4,6-11,14-15,17,19H,12-13,16,34H2,1-3H3;1H/b22-7-;. The molecule has 3 aromatic heterocycles. The van der Waals surface area contributed by atoms with Crippen LogP contribution in [0.25, 0.3) is 28.5 Å². The van der Waals surface area contributed by atoms with E-state index in [9.17, 15) is 13.2 Å². The van der Waals surface area contributed by atoms with Crippen LogP contribution in [0, 0.1) is 0 Å². The number of allylic oxidation sites excluding steroid dienone is 2. The molecule has 0 aliphatic heterocycles. The Hall–Kier alpha value is -4.96. The molecule has 5 rings (SSSR count). The first-order valence-corrected chi connectivity index (χ1v) is 13.1. The van der Waals surface area contributed by atoms with Gasteiger partial charge >= 0.3 is 6.18 Å². The van der Waals surface area contributed by atoms with Gasteiger partial charge in [-0.1, -0.05) is 24.3 Å². The van der Waals surface area contributed by atoms with Crippen LogP contribution in [0.15, 0.2) is 66.9 Å². The Labute approximate surface area is 241 Å². The number of nitrogens with two attached hydrogens (primary N) is 1. The summed E-state index contributed by atoms with van der Waals surface area (Å²) in [5.41, 5.74) is 11.9. The van der Waals surface area contributed by atoms with E-state index >= 15 is 0 Å². The number of hydrogen-bond donors (Lipinski definition) is 1. The summed E-state index contributed by atoms with van der Waals surface area (Å²) in [7, 11) is 3.05. The molecule has 0 saturated heterocycles. The fourth-order valence-electron chi connectivity index (χ4n) is 4.30. The highest BCUT2D eigenvalue weighted by Crippen LogP contribution is 2.45. The van der Waals surface area contributed by atoms with E-state index in [0.29, 0.717) is 34.1 Å². The molecule has 218 valence electrons. The van der Waals surface area contributed by atoms with Crippen LogP contribution < -0.4 is 15.2 Å². The van der Waals surface area contributed by atoms with E-state index in [4.69, 9.17) is 20.2 Å². The molecular formula is C30H30F3N7O2. The van der Waals surface area contributed by atoms with Crippen LogP contribution in [0.1, 0.15) is 49.6 Å². The maximum absolute atomic E-state index is 13.1. The molecule has 0 bridgehead atoms. The van der Waals surface area contributed by atoms with Crippen molar-refractivity contribution >= 4 is 5.70 Å². The van der Waals surface area contributed by atoms with Crippen LogP contribution in [0.3, 0.4) is 0 Å². The zero-order valence-electron chi connectivity index (χ0n) is 23.2. The van der Waals surface area contributed by atoms with Crippen LogP contribution in [-0.2, 0) is 19.8 Å². The second-order valence-electron chi connectivity index (χ2n) is 9.62. The predicted molar refractivity (Wildman–Crippen MR) is 152 cm³/mol. The third-order valence-corrected chi connectivity index (χ3v) is 6.57.